The van der Waals surface area contributed by atoms with E-state index in [1.54, 1.807) is 0 Å². The Balaban J connectivity index is 1.86. The van der Waals surface area contributed by atoms with Gasteiger partial charge in [0.2, 0.25) is 5.91 Å². The molecule has 1 aliphatic carbocycles. The highest BCUT2D eigenvalue weighted by Crippen LogP contribution is 2.29. The van der Waals surface area contributed by atoms with Crippen LogP contribution in [0.4, 0.5) is 0 Å². The van der Waals surface area contributed by atoms with Crippen molar-refractivity contribution in [2.75, 3.05) is 6.54 Å². The lowest BCUT2D eigenvalue weighted by Crippen LogP contribution is -2.34. The van der Waals surface area contributed by atoms with Gasteiger partial charge >= 0.3 is 0 Å². The Morgan fingerprint density at radius 2 is 2.10 bits per heavy atom. The molecule has 2 aliphatic rings. The molecule has 0 atom stereocenters. The van der Waals surface area contributed by atoms with Crippen molar-refractivity contribution >= 4 is 11.5 Å². The van der Waals surface area contributed by atoms with E-state index < -0.39 is 0 Å². The molecule has 104 valence electrons. The van der Waals surface area contributed by atoms with Crippen molar-refractivity contribution in [2.45, 2.75) is 38.6 Å². The van der Waals surface area contributed by atoms with E-state index in [9.17, 15) is 4.79 Å². The van der Waals surface area contributed by atoms with E-state index in [4.69, 9.17) is 0 Å². The summed E-state index contributed by atoms with van der Waals surface area (Å²) in [6, 6.07) is 6.78. The Morgan fingerprint density at radius 1 is 1.20 bits per heavy atom. The number of allylic oxidation sites excluding steroid dienone is 2. The van der Waals surface area contributed by atoms with Crippen LogP contribution in [0.15, 0.2) is 36.9 Å². The van der Waals surface area contributed by atoms with Gasteiger partial charge in [-0.25, -0.2) is 0 Å². The van der Waals surface area contributed by atoms with Gasteiger partial charge in [0.1, 0.15) is 0 Å². The lowest BCUT2D eigenvalue weighted by Gasteiger charge is -2.28. The van der Waals surface area contributed by atoms with Crippen LogP contribution in [0.3, 0.4) is 0 Å². The fourth-order valence-corrected chi connectivity index (χ4v) is 3.17. The summed E-state index contributed by atoms with van der Waals surface area (Å²) < 4.78 is 0. The van der Waals surface area contributed by atoms with Gasteiger partial charge in [-0.05, 0) is 66.5 Å². The molecule has 0 spiro atoms. The minimum absolute atomic E-state index is 0.0398. The summed E-state index contributed by atoms with van der Waals surface area (Å²) in [6.07, 6.45) is 9.75. The topological polar surface area (TPSA) is 20.3 Å². The molecule has 0 saturated heterocycles. The molecule has 1 aromatic carbocycles. The number of amides is 1. The maximum atomic E-state index is 11.8. The minimum atomic E-state index is 0.0398. The summed E-state index contributed by atoms with van der Waals surface area (Å²) in [6.45, 7) is 5.11. The van der Waals surface area contributed by atoms with Crippen molar-refractivity contribution in [3.8, 4) is 0 Å². The molecule has 0 fully saturated rings. The van der Waals surface area contributed by atoms with Crippen molar-refractivity contribution in [3.63, 3.8) is 0 Å². The molecule has 2 nitrogen and oxygen atoms in total. The molecule has 3 rings (SSSR count). The Morgan fingerprint density at radius 3 is 2.85 bits per heavy atom. The van der Waals surface area contributed by atoms with E-state index in [-0.39, 0.29) is 5.91 Å². The van der Waals surface area contributed by atoms with Gasteiger partial charge < -0.3 is 4.90 Å². The summed E-state index contributed by atoms with van der Waals surface area (Å²) in [7, 11) is 0. The van der Waals surface area contributed by atoms with Gasteiger partial charge in [-0.1, -0.05) is 24.8 Å². The molecule has 0 unspecified atom stereocenters. The monoisotopic (exact) mass is 267 g/mol. The van der Waals surface area contributed by atoms with Gasteiger partial charge in [-0.15, -0.1) is 0 Å². The Labute approximate surface area is 120 Å². The van der Waals surface area contributed by atoms with Crippen molar-refractivity contribution in [3.05, 3.63) is 53.6 Å². The molecule has 0 radical (unpaired) electrons. The third-order valence-electron chi connectivity index (χ3n) is 4.37. The van der Waals surface area contributed by atoms with Crippen LogP contribution in [0.1, 0.15) is 42.4 Å². The van der Waals surface area contributed by atoms with E-state index in [1.807, 2.05) is 4.90 Å². The molecule has 1 aromatic rings. The molecule has 0 N–H and O–H groups in total. The number of carbonyl (C=O) groups is 1. The molecule has 1 amide bonds. The van der Waals surface area contributed by atoms with Crippen LogP contribution in [0.5, 0.6) is 0 Å². The molecule has 2 heteroatoms. The quantitative estimate of drug-likeness (QED) is 0.748. The molecule has 0 aromatic heterocycles. The molecular weight excluding hydrogens is 246 g/mol. The lowest BCUT2D eigenvalue weighted by molar-refractivity contribution is -0.126. The second-order valence-electron chi connectivity index (χ2n) is 5.67. The third kappa shape index (κ3) is 2.55. The zero-order chi connectivity index (χ0) is 13.9. The van der Waals surface area contributed by atoms with Gasteiger partial charge in [0.25, 0.3) is 0 Å². The van der Waals surface area contributed by atoms with E-state index in [2.05, 4.69) is 30.9 Å². The standard InChI is InChI=1S/C18H21NO/c1-2-18(20)19-11-10-15-8-9-16(12-17(15)13-19)14-6-4-3-5-7-14/h2,6,8-9,12H,1,3-5,7,10-11,13H2. The Kier molecular flexibility index (Phi) is 3.72. The summed E-state index contributed by atoms with van der Waals surface area (Å²) in [5.74, 6) is 0.0398. The first-order valence-electron chi connectivity index (χ1n) is 7.50. The van der Waals surface area contributed by atoms with Gasteiger partial charge in [0.15, 0.2) is 0 Å². The first-order chi connectivity index (χ1) is 9.78. The molecular formula is C18H21NO. The largest absolute Gasteiger partial charge is 0.335 e. The summed E-state index contributed by atoms with van der Waals surface area (Å²) in [5.41, 5.74) is 5.51. The van der Waals surface area contributed by atoms with Gasteiger partial charge in [0.05, 0.1) is 0 Å². The zero-order valence-corrected chi connectivity index (χ0v) is 11.9. The highest BCUT2D eigenvalue weighted by molar-refractivity contribution is 5.87. The predicted molar refractivity (Wildman–Crippen MR) is 82.2 cm³/mol. The van der Waals surface area contributed by atoms with Crippen molar-refractivity contribution in [1.82, 2.24) is 4.90 Å². The maximum absolute atomic E-state index is 11.8. The number of rotatable bonds is 2. The first kappa shape index (κ1) is 13.2. The Hall–Kier alpha value is -1.83. The van der Waals surface area contributed by atoms with Crippen molar-refractivity contribution < 1.29 is 4.79 Å². The third-order valence-corrected chi connectivity index (χ3v) is 4.37. The lowest BCUT2D eigenvalue weighted by atomic mass is 9.90. The van der Waals surface area contributed by atoms with Crippen LogP contribution >= 0.6 is 0 Å². The SMILES string of the molecule is C=CC(=O)N1CCc2ccc(C3=CCCCC3)cc2C1. The molecule has 20 heavy (non-hydrogen) atoms. The van der Waals surface area contributed by atoms with E-state index >= 15 is 0 Å². The predicted octanol–water partition coefficient (Wildman–Crippen LogP) is 3.71. The Bertz CT molecular complexity index is 571. The number of nitrogens with zero attached hydrogens (tertiary/aromatic N) is 1. The van der Waals surface area contributed by atoms with Crippen LogP contribution in [0.2, 0.25) is 0 Å². The maximum Gasteiger partial charge on any atom is 0.246 e. The van der Waals surface area contributed by atoms with Crippen LogP contribution in [-0.2, 0) is 17.8 Å². The molecule has 0 saturated carbocycles. The summed E-state index contributed by atoms with van der Waals surface area (Å²) in [5, 5.41) is 0. The molecule has 1 heterocycles. The number of hydrogen-bond acceptors (Lipinski definition) is 1. The number of fused-ring (bicyclic) bond motifs is 1. The average Bonchev–Trinajstić information content (AvgIpc) is 2.54. The molecule has 1 aliphatic heterocycles. The highest BCUT2D eigenvalue weighted by Gasteiger charge is 2.19. The van der Waals surface area contributed by atoms with E-state index in [0.29, 0.717) is 0 Å². The van der Waals surface area contributed by atoms with Crippen molar-refractivity contribution in [2.24, 2.45) is 0 Å². The fraction of sp³-hybridized carbons (Fsp3) is 0.389. The van der Waals surface area contributed by atoms with E-state index in [0.717, 1.165) is 19.5 Å². The number of carbonyl (C=O) groups excluding carboxylic acids is 1. The summed E-state index contributed by atoms with van der Waals surface area (Å²) >= 11 is 0. The summed E-state index contributed by atoms with van der Waals surface area (Å²) in [4.78, 5) is 13.6. The van der Waals surface area contributed by atoms with Crippen molar-refractivity contribution in [1.29, 1.82) is 0 Å². The second-order valence-corrected chi connectivity index (χ2v) is 5.67. The first-order valence-corrected chi connectivity index (χ1v) is 7.50. The minimum Gasteiger partial charge on any atom is -0.335 e. The van der Waals surface area contributed by atoms with Gasteiger partial charge in [-0.2, -0.15) is 0 Å². The number of hydrogen-bond donors (Lipinski definition) is 0. The normalized spacial score (nSPS) is 18.2. The highest BCUT2D eigenvalue weighted by atomic mass is 16.2. The smallest absolute Gasteiger partial charge is 0.246 e. The van der Waals surface area contributed by atoms with Crippen LogP contribution in [0, 0.1) is 0 Å². The van der Waals surface area contributed by atoms with Gasteiger partial charge in [-0.3, -0.25) is 4.79 Å². The second kappa shape index (κ2) is 5.66. The zero-order valence-electron chi connectivity index (χ0n) is 11.9. The van der Waals surface area contributed by atoms with Crippen LogP contribution < -0.4 is 0 Å². The van der Waals surface area contributed by atoms with Crippen LogP contribution in [-0.4, -0.2) is 17.4 Å². The van der Waals surface area contributed by atoms with Gasteiger partial charge in [0, 0.05) is 13.1 Å². The van der Waals surface area contributed by atoms with Crippen LogP contribution in [0.25, 0.3) is 5.57 Å². The van der Waals surface area contributed by atoms with E-state index in [1.165, 1.54) is 54.0 Å². The number of benzene rings is 1. The molecule has 0 bridgehead atoms. The average molecular weight is 267 g/mol. The fourth-order valence-electron chi connectivity index (χ4n) is 3.17.